The normalized spacial score (nSPS) is 11.0. The summed E-state index contributed by atoms with van der Waals surface area (Å²) in [5, 5.41) is 13.2. The molecule has 0 spiro atoms. The Morgan fingerprint density at radius 3 is 2.87 bits per heavy atom. The third-order valence-electron chi connectivity index (χ3n) is 3.14. The Morgan fingerprint density at radius 2 is 2.04 bits per heavy atom. The SMILES string of the molecule is COc1cccc(/C=N\n2cnnc2SCc2ccccc2)c1. The molecule has 1 aromatic heterocycles. The quantitative estimate of drug-likeness (QED) is 0.515. The highest BCUT2D eigenvalue weighted by atomic mass is 32.2. The van der Waals surface area contributed by atoms with Gasteiger partial charge in [-0.3, -0.25) is 0 Å². The van der Waals surface area contributed by atoms with Crippen LogP contribution in [0.1, 0.15) is 11.1 Å². The van der Waals surface area contributed by atoms with Gasteiger partial charge >= 0.3 is 0 Å². The second-order valence-corrected chi connectivity index (χ2v) is 5.70. The Bertz CT molecular complexity index is 786. The average molecular weight is 324 g/mol. The fraction of sp³-hybridized carbons (Fsp3) is 0.118. The van der Waals surface area contributed by atoms with Crippen LogP contribution in [0.5, 0.6) is 5.75 Å². The van der Waals surface area contributed by atoms with Crippen LogP contribution < -0.4 is 4.74 Å². The van der Waals surface area contributed by atoms with E-state index in [1.807, 2.05) is 42.5 Å². The molecule has 0 saturated heterocycles. The van der Waals surface area contributed by atoms with Crippen molar-refractivity contribution in [3.05, 3.63) is 72.1 Å². The number of hydrogen-bond donors (Lipinski definition) is 0. The largest absolute Gasteiger partial charge is 0.497 e. The van der Waals surface area contributed by atoms with Crippen LogP contribution in [0, 0.1) is 0 Å². The lowest BCUT2D eigenvalue weighted by molar-refractivity contribution is 0.414. The van der Waals surface area contributed by atoms with E-state index < -0.39 is 0 Å². The van der Waals surface area contributed by atoms with Crippen LogP contribution in [0.3, 0.4) is 0 Å². The van der Waals surface area contributed by atoms with Gasteiger partial charge in [0.05, 0.1) is 13.3 Å². The van der Waals surface area contributed by atoms with Gasteiger partial charge in [-0.2, -0.15) is 9.78 Å². The van der Waals surface area contributed by atoms with Crippen molar-refractivity contribution in [2.45, 2.75) is 10.9 Å². The van der Waals surface area contributed by atoms with Gasteiger partial charge in [0, 0.05) is 5.75 Å². The molecule has 2 aromatic carbocycles. The molecule has 5 nitrogen and oxygen atoms in total. The highest BCUT2D eigenvalue weighted by Crippen LogP contribution is 2.20. The first kappa shape index (κ1) is 15.3. The van der Waals surface area contributed by atoms with Gasteiger partial charge in [-0.15, -0.1) is 10.2 Å². The van der Waals surface area contributed by atoms with Crippen molar-refractivity contribution in [3.8, 4) is 5.75 Å². The molecule has 0 amide bonds. The summed E-state index contributed by atoms with van der Waals surface area (Å²) >= 11 is 1.60. The Hall–Kier alpha value is -2.60. The highest BCUT2D eigenvalue weighted by molar-refractivity contribution is 7.98. The van der Waals surface area contributed by atoms with Crippen molar-refractivity contribution in [2.24, 2.45) is 5.10 Å². The van der Waals surface area contributed by atoms with Crippen molar-refractivity contribution in [1.29, 1.82) is 0 Å². The van der Waals surface area contributed by atoms with Crippen LogP contribution in [-0.4, -0.2) is 28.2 Å². The molecule has 0 bridgehead atoms. The van der Waals surface area contributed by atoms with E-state index in [4.69, 9.17) is 4.74 Å². The third kappa shape index (κ3) is 4.20. The molecule has 0 atom stereocenters. The number of aromatic nitrogens is 3. The molecule has 0 aliphatic heterocycles. The monoisotopic (exact) mass is 324 g/mol. The second-order valence-electron chi connectivity index (χ2n) is 4.75. The molecule has 6 heteroatoms. The van der Waals surface area contributed by atoms with Crippen LogP contribution in [0.15, 0.2) is 71.2 Å². The van der Waals surface area contributed by atoms with Crippen LogP contribution in [0.25, 0.3) is 0 Å². The average Bonchev–Trinajstić information content (AvgIpc) is 3.07. The lowest BCUT2D eigenvalue weighted by atomic mass is 10.2. The van der Waals surface area contributed by atoms with Crippen LogP contribution in [-0.2, 0) is 5.75 Å². The van der Waals surface area contributed by atoms with E-state index in [0.29, 0.717) is 0 Å². The third-order valence-corrected chi connectivity index (χ3v) is 4.14. The van der Waals surface area contributed by atoms with Gasteiger partial charge in [0.15, 0.2) is 0 Å². The Morgan fingerprint density at radius 1 is 1.17 bits per heavy atom. The number of benzene rings is 2. The van der Waals surface area contributed by atoms with Crippen molar-refractivity contribution < 1.29 is 4.74 Å². The molecule has 116 valence electrons. The summed E-state index contributed by atoms with van der Waals surface area (Å²) in [6.07, 6.45) is 3.36. The van der Waals surface area contributed by atoms with E-state index in [9.17, 15) is 0 Å². The topological polar surface area (TPSA) is 52.3 Å². The summed E-state index contributed by atoms with van der Waals surface area (Å²) < 4.78 is 6.88. The molecule has 0 fully saturated rings. The zero-order valence-corrected chi connectivity index (χ0v) is 13.5. The minimum atomic E-state index is 0.757. The maximum absolute atomic E-state index is 5.21. The Balaban J connectivity index is 1.69. The van der Waals surface area contributed by atoms with Gasteiger partial charge in [-0.25, -0.2) is 0 Å². The van der Waals surface area contributed by atoms with Crippen molar-refractivity contribution in [3.63, 3.8) is 0 Å². The first-order chi connectivity index (χ1) is 11.3. The van der Waals surface area contributed by atoms with E-state index in [2.05, 4.69) is 27.4 Å². The van der Waals surface area contributed by atoms with Gasteiger partial charge in [-0.05, 0) is 23.3 Å². The lowest BCUT2D eigenvalue weighted by Gasteiger charge is -2.02. The molecule has 3 rings (SSSR count). The standard InChI is InChI=1S/C17H16N4OS/c1-22-16-9-5-8-15(10-16)11-19-21-13-18-20-17(21)23-12-14-6-3-2-4-7-14/h2-11,13H,12H2,1H3/b19-11-. The predicted octanol–water partition coefficient (Wildman–Crippen LogP) is 3.46. The number of rotatable bonds is 6. The number of ether oxygens (including phenoxy) is 1. The molecule has 0 unspecified atom stereocenters. The number of thioether (sulfide) groups is 1. The van der Waals surface area contributed by atoms with Gasteiger partial charge in [0.2, 0.25) is 5.16 Å². The summed E-state index contributed by atoms with van der Waals surface area (Å²) in [6, 6.07) is 18.0. The van der Waals surface area contributed by atoms with Gasteiger partial charge in [0.25, 0.3) is 0 Å². The molecular weight excluding hydrogens is 308 g/mol. The summed E-state index contributed by atoms with van der Waals surface area (Å²) in [6.45, 7) is 0. The van der Waals surface area contributed by atoms with Gasteiger partial charge in [0.1, 0.15) is 12.1 Å². The Labute approximate surface area is 139 Å². The molecule has 23 heavy (non-hydrogen) atoms. The van der Waals surface area contributed by atoms with Crippen molar-refractivity contribution >= 4 is 18.0 Å². The maximum Gasteiger partial charge on any atom is 0.212 e. The first-order valence-corrected chi connectivity index (χ1v) is 8.09. The molecule has 0 saturated carbocycles. The zero-order chi connectivity index (χ0) is 15.9. The van der Waals surface area contributed by atoms with E-state index in [-0.39, 0.29) is 0 Å². The summed E-state index contributed by atoms with van der Waals surface area (Å²) in [7, 11) is 1.65. The first-order valence-electron chi connectivity index (χ1n) is 7.10. The van der Waals surface area contributed by atoms with Crippen molar-refractivity contribution in [1.82, 2.24) is 14.9 Å². The van der Waals surface area contributed by atoms with Crippen LogP contribution >= 0.6 is 11.8 Å². The summed E-state index contributed by atoms with van der Waals surface area (Å²) in [5.41, 5.74) is 2.20. The molecular formula is C17H16N4OS. The zero-order valence-electron chi connectivity index (χ0n) is 12.7. The highest BCUT2D eigenvalue weighted by Gasteiger charge is 2.04. The Kier molecular flexibility index (Phi) is 5.06. The maximum atomic E-state index is 5.21. The van der Waals surface area contributed by atoms with Crippen LogP contribution in [0.2, 0.25) is 0 Å². The second kappa shape index (κ2) is 7.60. The predicted molar refractivity (Wildman–Crippen MR) is 92.0 cm³/mol. The molecule has 0 N–H and O–H groups in total. The molecule has 3 aromatic rings. The smallest absolute Gasteiger partial charge is 0.212 e. The number of hydrogen-bond acceptors (Lipinski definition) is 5. The summed E-state index contributed by atoms with van der Waals surface area (Å²) in [4.78, 5) is 0. The molecule has 1 heterocycles. The molecule has 0 aliphatic carbocycles. The van der Waals surface area contributed by atoms with E-state index in [1.54, 1.807) is 36.1 Å². The van der Waals surface area contributed by atoms with Gasteiger partial charge < -0.3 is 4.74 Å². The minimum Gasteiger partial charge on any atom is -0.497 e. The fourth-order valence-corrected chi connectivity index (χ4v) is 2.79. The van der Waals surface area contributed by atoms with Crippen LogP contribution in [0.4, 0.5) is 0 Å². The van der Waals surface area contributed by atoms with E-state index in [0.717, 1.165) is 22.2 Å². The molecule has 0 aliphatic rings. The minimum absolute atomic E-state index is 0.757. The number of methoxy groups -OCH3 is 1. The van der Waals surface area contributed by atoms with Crippen molar-refractivity contribution in [2.75, 3.05) is 7.11 Å². The fourth-order valence-electron chi connectivity index (χ4n) is 1.97. The van der Waals surface area contributed by atoms with Gasteiger partial charge in [-0.1, -0.05) is 54.2 Å². The number of nitrogens with zero attached hydrogens (tertiary/aromatic N) is 4. The summed E-state index contributed by atoms with van der Waals surface area (Å²) in [5.74, 6) is 1.63. The van der Waals surface area contributed by atoms with E-state index >= 15 is 0 Å². The van der Waals surface area contributed by atoms with E-state index in [1.165, 1.54) is 5.56 Å². The lowest BCUT2D eigenvalue weighted by Crippen LogP contribution is -1.93. The molecule has 0 radical (unpaired) electrons.